The van der Waals surface area contributed by atoms with Gasteiger partial charge in [-0.15, -0.1) is 0 Å². The highest BCUT2D eigenvalue weighted by Gasteiger charge is 2.19. The van der Waals surface area contributed by atoms with Gasteiger partial charge in [0.1, 0.15) is 5.82 Å². The van der Waals surface area contributed by atoms with Crippen molar-refractivity contribution in [2.75, 3.05) is 0 Å². The SMILES string of the molecule is c1ccc(-c2ccc3c(c2)c2ccccc2n3-c2nc(-c3ccccc3)nc3c2ccc2ccccc23)cc1. The second-order valence-corrected chi connectivity index (χ2v) is 9.87. The fourth-order valence-electron chi connectivity index (χ4n) is 5.75. The third-order valence-corrected chi connectivity index (χ3v) is 7.59. The highest BCUT2D eigenvalue weighted by molar-refractivity contribution is 6.13. The molecular weight excluding hydrogens is 474 g/mol. The van der Waals surface area contributed by atoms with Crippen LogP contribution in [0.3, 0.4) is 0 Å². The van der Waals surface area contributed by atoms with Gasteiger partial charge in [-0.1, -0.05) is 115 Å². The first-order valence-electron chi connectivity index (χ1n) is 13.2. The zero-order valence-electron chi connectivity index (χ0n) is 21.1. The fraction of sp³-hybridized carbons (Fsp3) is 0. The van der Waals surface area contributed by atoms with Gasteiger partial charge in [-0.25, -0.2) is 9.97 Å². The van der Waals surface area contributed by atoms with Gasteiger partial charge >= 0.3 is 0 Å². The van der Waals surface area contributed by atoms with E-state index in [4.69, 9.17) is 9.97 Å². The predicted molar refractivity (Wildman–Crippen MR) is 162 cm³/mol. The molecule has 0 N–H and O–H groups in total. The standard InChI is InChI=1S/C36H23N3/c1-3-11-24(12-4-1)27-20-22-33-31(23-27)29-17-9-10-18-32(29)39(33)36-30-21-19-25-13-7-8-16-28(25)34(30)37-35(38-36)26-14-5-2-6-15-26/h1-23H. The van der Waals surface area contributed by atoms with Crippen molar-refractivity contribution in [2.45, 2.75) is 0 Å². The molecule has 0 saturated carbocycles. The molecule has 0 aliphatic carbocycles. The van der Waals surface area contributed by atoms with Crippen LogP contribution in [0.25, 0.3) is 71.8 Å². The van der Waals surface area contributed by atoms with Gasteiger partial charge in [-0.2, -0.15) is 0 Å². The Morgan fingerprint density at radius 2 is 1.08 bits per heavy atom. The second-order valence-electron chi connectivity index (χ2n) is 9.87. The van der Waals surface area contributed by atoms with Crippen LogP contribution in [0.15, 0.2) is 140 Å². The highest BCUT2D eigenvalue weighted by Crippen LogP contribution is 2.37. The van der Waals surface area contributed by atoms with Crippen molar-refractivity contribution in [3.05, 3.63) is 140 Å². The van der Waals surface area contributed by atoms with Crippen LogP contribution in [-0.2, 0) is 0 Å². The van der Waals surface area contributed by atoms with Gasteiger partial charge in [0.2, 0.25) is 0 Å². The molecule has 2 heterocycles. The van der Waals surface area contributed by atoms with Crippen molar-refractivity contribution >= 4 is 43.5 Å². The number of hydrogen-bond donors (Lipinski definition) is 0. The van der Waals surface area contributed by atoms with E-state index in [2.05, 4.69) is 126 Å². The minimum Gasteiger partial charge on any atom is -0.293 e. The first kappa shape index (κ1) is 21.8. The van der Waals surface area contributed by atoms with Crippen LogP contribution in [0.2, 0.25) is 0 Å². The molecule has 0 atom stereocenters. The lowest BCUT2D eigenvalue weighted by Gasteiger charge is -2.14. The topological polar surface area (TPSA) is 30.7 Å². The van der Waals surface area contributed by atoms with E-state index in [0.717, 1.165) is 44.5 Å². The van der Waals surface area contributed by atoms with Crippen LogP contribution in [0.5, 0.6) is 0 Å². The van der Waals surface area contributed by atoms with Crippen LogP contribution in [0.4, 0.5) is 0 Å². The minimum atomic E-state index is 0.723. The maximum atomic E-state index is 5.25. The van der Waals surface area contributed by atoms with Crippen molar-refractivity contribution < 1.29 is 0 Å². The van der Waals surface area contributed by atoms with Gasteiger partial charge in [0.25, 0.3) is 0 Å². The van der Waals surface area contributed by atoms with Gasteiger partial charge in [0, 0.05) is 27.1 Å². The molecule has 0 aliphatic rings. The molecule has 0 bridgehead atoms. The quantitative estimate of drug-likeness (QED) is 0.228. The van der Waals surface area contributed by atoms with Crippen LogP contribution in [-0.4, -0.2) is 14.5 Å². The number of hydrogen-bond acceptors (Lipinski definition) is 2. The third kappa shape index (κ3) is 3.44. The lowest BCUT2D eigenvalue weighted by molar-refractivity contribution is 1.08. The van der Waals surface area contributed by atoms with E-state index in [9.17, 15) is 0 Å². The van der Waals surface area contributed by atoms with Gasteiger partial charge in [-0.3, -0.25) is 4.57 Å². The lowest BCUT2D eigenvalue weighted by atomic mass is 10.0. The van der Waals surface area contributed by atoms with Crippen LogP contribution >= 0.6 is 0 Å². The minimum absolute atomic E-state index is 0.723. The Labute approximate surface area is 225 Å². The smallest absolute Gasteiger partial charge is 0.162 e. The lowest BCUT2D eigenvalue weighted by Crippen LogP contribution is -2.03. The molecule has 0 radical (unpaired) electrons. The summed E-state index contributed by atoms with van der Waals surface area (Å²) in [6.07, 6.45) is 0. The molecule has 3 heteroatoms. The molecule has 0 amide bonds. The van der Waals surface area contributed by atoms with Crippen molar-refractivity contribution in [1.29, 1.82) is 0 Å². The monoisotopic (exact) mass is 497 g/mol. The summed E-state index contributed by atoms with van der Waals surface area (Å²) in [6, 6.07) is 49.0. The largest absolute Gasteiger partial charge is 0.293 e. The van der Waals surface area contributed by atoms with Crippen LogP contribution < -0.4 is 0 Å². The molecule has 0 saturated heterocycles. The zero-order chi connectivity index (χ0) is 25.8. The summed E-state index contributed by atoms with van der Waals surface area (Å²) in [5, 5.41) is 5.74. The zero-order valence-corrected chi connectivity index (χ0v) is 21.1. The maximum absolute atomic E-state index is 5.25. The summed E-state index contributed by atoms with van der Waals surface area (Å²) in [6.45, 7) is 0. The van der Waals surface area contributed by atoms with Crippen molar-refractivity contribution in [3.63, 3.8) is 0 Å². The summed E-state index contributed by atoms with van der Waals surface area (Å²) >= 11 is 0. The van der Waals surface area contributed by atoms with E-state index in [-0.39, 0.29) is 0 Å². The second kappa shape index (κ2) is 8.64. The summed E-state index contributed by atoms with van der Waals surface area (Å²) in [5.41, 5.74) is 6.63. The van der Waals surface area contributed by atoms with Crippen molar-refractivity contribution in [1.82, 2.24) is 14.5 Å². The molecule has 0 unspecified atom stereocenters. The molecule has 39 heavy (non-hydrogen) atoms. The van der Waals surface area contributed by atoms with Gasteiger partial charge in [-0.05, 0) is 40.8 Å². The summed E-state index contributed by atoms with van der Waals surface area (Å²) in [7, 11) is 0. The predicted octanol–water partition coefficient (Wildman–Crippen LogP) is 9.21. The van der Waals surface area contributed by atoms with Gasteiger partial charge < -0.3 is 0 Å². The normalized spacial score (nSPS) is 11.6. The fourth-order valence-corrected chi connectivity index (χ4v) is 5.75. The molecule has 3 nitrogen and oxygen atoms in total. The Morgan fingerprint density at radius 3 is 1.90 bits per heavy atom. The van der Waals surface area contributed by atoms with Crippen LogP contribution in [0.1, 0.15) is 0 Å². The van der Waals surface area contributed by atoms with Crippen molar-refractivity contribution in [3.8, 4) is 28.3 Å². The average molecular weight is 498 g/mol. The van der Waals surface area contributed by atoms with E-state index in [1.165, 1.54) is 27.3 Å². The Balaban J connectivity index is 1.50. The number of para-hydroxylation sites is 1. The van der Waals surface area contributed by atoms with E-state index in [0.29, 0.717) is 0 Å². The number of rotatable bonds is 3. The van der Waals surface area contributed by atoms with E-state index >= 15 is 0 Å². The van der Waals surface area contributed by atoms with Gasteiger partial charge in [0.15, 0.2) is 5.82 Å². The molecule has 2 aromatic heterocycles. The highest BCUT2D eigenvalue weighted by atomic mass is 15.1. The molecule has 0 fully saturated rings. The van der Waals surface area contributed by atoms with E-state index < -0.39 is 0 Å². The molecule has 0 spiro atoms. The molecule has 8 aromatic rings. The maximum Gasteiger partial charge on any atom is 0.162 e. The Hall–Kier alpha value is -5.28. The van der Waals surface area contributed by atoms with Gasteiger partial charge in [0.05, 0.1) is 16.6 Å². The Bertz CT molecular complexity index is 2160. The Morgan fingerprint density at radius 1 is 0.410 bits per heavy atom. The molecule has 0 aliphatic heterocycles. The number of fused-ring (bicyclic) bond motifs is 6. The number of benzene rings is 6. The van der Waals surface area contributed by atoms with Crippen LogP contribution in [0, 0.1) is 0 Å². The Kier molecular flexibility index (Phi) is 4.82. The third-order valence-electron chi connectivity index (χ3n) is 7.59. The molecular formula is C36H23N3. The van der Waals surface area contributed by atoms with E-state index in [1.54, 1.807) is 0 Å². The molecule has 8 rings (SSSR count). The first-order chi connectivity index (χ1) is 19.3. The number of nitrogens with zero attached hydrogens (tertiary/aromatic N) is 3. The van der Waals surface area contributed by atoms with Crippen molar-refractivity contribution in [2.24, 2.45) is 0 Å². The summed E-state index contributed by atoms with van der Waals surface area (Å²) in [5.74, 6) is 1.62. The molecule has 182 valence electrons. The number of aromatic nitrogens is 3. The first-order valence-corrected chi connectivity index (χ1v) is 13.2. The molecule has 6 aromatic carbocycles. The summed E-state index contributed by atoms with van der Waals surface area (Å²) < 4.78 is 2.31. The average Bonchev–Trinajstić information content (AvgIpc) is 3.35. The summed E-state index contributed by atoms with van der Waals surface area (Å²) in [4.78, 5) is 10.4. The van der Waals surface area contributed by atoms with E-state index in [1.807, 2.05) is 18.2 Å².